The summed E-state index contributed by atoms with van der Waals surface area (Å²) in [5.74, 6) is 0. The van der Waals surface area contributed by atoms with Crippen molar-refractivity contribution in [3.05, 3.63) is 27.2 Å². The van der Waals surface area contributed by atoms with E-state index in [4.69, 9.17) is 0 Å². The van der Waals surface area contributed by atoms with Crippen LogP contribution in [-0.4, -0.2) is 24.3 Å². The second kappa shape index (κ2) is 3.26. The van der Waals surface area contributed by atoms with E-state index < -0.39 is 11.2 Å². The summed E-state index contributed by atoms with van der Waals surface area (Å²) < 4.78 is 2.37. The Bertz CT molecular complexity index is 627. The zero-order valence-electron chi connectivity index (χ0n) is 8.34. The van der Waals surface area contributed by atoms with Crippen LogP contribution in [0.2, 0.25) is 0 Å². The van der Waals surface area contributed by atoms with E-state index in [2.05, 4.69) is 15.2 Å². The number of hydrogen-bond donors (Lipinski definition) is 0. The summed E-state index contributed by atoms with van der Waals surface area (Å²) in [4.78, 5) is 27.1. The Balaban J connectivity index is 3.12. The second-order valence-electron chi connectivity index (χ2n) is 3.02. The topological polar surface area (TPSA) is 82.7 Å². The molecule has 2 rings (SSSR count). The van der Waals surface area contributed by atoms with Gasteiger partial charge in [-0.2, -0.15) is 0 Å². The van der Waals surface area contributed by atoms with Crippen LogP contribution in [0.25, 0.3) is 11.2 Å². The minimum absolute atomic E-state index is 0.161. The van der Waals surface area contributed by atoms with Crippen molar-refractivity contribution in [3.63, 3.8) is 0 Å². The molecule has 2 heterocycles. The first-order chi connectivity index (χ1) is 7.16. The molecular weight excluding hydrogens is 198 g/mol. The highest BCUT2D eigenvalue weighted by Gasteiger charge is 2.11. The van der Waals surface area contributed by atoms with Gasteiger partial charge < -0.3 is 0 Å². The van der Waals surface area contributed by atoms with Crippen LogP contribution in [0.3, 0.4) is 0 Å². The van der Waals surface area contributed by atoms with Gasteiger partial charge in [0.25, 0.3) is 5.56 Å². The first-order valence-corrected chi connectivity index (χ1v) is 4.44. The number of hydrogen-bond acceptors (Lipinski definition) is 5. The van der Waals surface area contributed by atoms with E-state index >= 15 is 0 Å². The van der Waals surface area contributed by atoms with Crippen molar-refractivity contribution < 1.29 is 0 Å². The molecule has 0 atom stereocenters. The molecule has 0 amide bonds. The minimum atomic E-state index is -0.449. The lowest BCUT2D eigenvalue weighted by Gasteiger charge is -2.06. The lowest BCUT2D eigenvalue weighted by Crippen LogP contribution is -2.38. The maximum Gasteiger partial charge on any atom is 0.332 e. The highest BCUT2D eigenvalue weighted by molar-refractivity contribution is 5.67. The predicted molar refractivity (Wildman–Crippen MR) is 52.5 cm³/mol. The second-order valence-corrected chi connectivity index (χ2v) is 3.02. The van der Waals surface area contributed by atoms with Crippen molar-refractivity contribution in [2.24, 2.45) is 7.05 Å². The van der Waals surface area contributed by atoms with Crippen LogP contribution >= 0.6 is 0 Å². The van der Waals surface area contributed by atoms with Gasteiger partial charge in [0, 0.05) is 13.6 Å². The molecule has 0 radical (unpaired) electrons. The molecule has 0 unspecified atom stereocenters. The normalized spacial score (nSPS) is 10.8. The Morgan fingerprint density at radius 3 is 2.80 bits per heavy atom. The first-order valence-electron chi connectivity index (χ1n) is 4.44. The predicted octanol–water partition coefficient (Wildman–Crippen LogP) is -1.09. The van der Waals surface area contributed by atoms with Gasteiger partial charge in [0.15, 0.2) is 11.2 Å². The zero-order chi connectivity index (χ0) is 11.0. The fourth-order valence-corrected chi connectivity index (χ4v) is 1.40. The molecule has 2 aromatic rings. The molecule has 0 aliphatic rings. The minimum Gasteiger partial charge on any atom is -0.275 e. The Labute approximate surface area is 84.0 Å². The number of rotatable bonds is 1. The van der Waals surface area contributed by atoms with Gasteiger partial charge in [-0.15, -0.1) is 10.2 Å². The van der Waals surface area contributed by atoms with Gasteiger partial charge in [0.05, 0.1) is 0 Å². The number of fused-ring (bicyclic) bond motifs is 1. The van der Waals surface area contributed by atoms with Gasteiger partial charge in [-0.3, -0.25) is 13.9 Å². The summed E-state index contributed by atoms with van der Waals surface area (Å²) >= 11 is 0. The summed E-state index contributed by atoms with van der Waals surface area (Å²) in [6, 6.07) is 0. The monoisotopic (exact) mass is 207 g/mol. The lowest BCUT2D eigenvalue weighted by atomic mass is 10.5. The standard InChI is InChI=1S/C8H9N5O2/c1-3-13-6-5(9-4-10-11-6)7(14)12(2)8(13)15/h4H,3H2,1-2H3. The maximum absolute atomic E-state index is 11.7. The zero-order valence-corrected chi connectivity index (χ0v) is 8.34. The largest absolute Gasteiger partial charge is 0.332 e. The molecule has 15 heavy (non-hydrogen) atoms. The average molecular weight is 207 g/mol. The molecule has 0 N–H and O–H groups in total. The quantitative estimate of drug-likeness (QED) is 0.593. The summed E-state index contributed by atoms with van der Waals surface area (Å²) in [6.07, 6.45) is 1.19. The van der Waals surface area contributed by atoms with Crippen LogP contribution in [-0.2, 0) is 13.6 Å². The van der Waals surface area contributed by atoms with Gasteiger partial charge >= 0.3 is 5.69 Å². The van der Waals surface area contributed by atoms with Crippen LogP contribution < -0.4 is 11.2 Å². The molecule has 78 valence electrons. The fraction of sp³-hybridized carbons (Fsp3) is 0.375. The fourth-order valence-electron chi connectivity index (χ4n) is 1.40. The summed E-state index contributed by atoms with van der Waals surface area (Å²) in [6.45, 7) is 2.21. The Kier molecular flexibility index (Phi) is 2.07. The van der Waals surface area contributed by atoms with Crippen molar-refractivity contribution in [2.75, 3.05) is 0 Å². The van der Waals surface area contributed by atoms with Crippen LogP contribution in [0.15, 0.2) is 15.9 Å². The molecule has 0 spiro atoms. The van der Waals surface area contributed by atoms with E-state index in [0.717, 1.165) is 4.57 Å². The third-order valence-electron chi connectivity index (χ3n) is 2.20. The van der Waals surface area contributed by atoms with Crippen molar-refractivity contribution >= 4 is 11.2 Å². The Hall–Kier alpha value is -2.05. The van der Waals surface area contributed by atoms with Crippen molar-refractivity contribution in [1.29, 1.82) is 0 Å². The molecule has 7 heteroatoms. The van der Waals surface area contributed by atoms with Gasteiger partial charge in [0.1, 0.15) is 6.33 Å². The number of aromatic nitrogens is 5. The molecule has 7 nitrogen and oxygen atoms in total. The van der Waals surface area contributed by atoms with Crippen molar-refractivity contribution in [2.45, 2.75) is 13.5 Å². The van der Waals surface area contributed by atoms with E-state index in [0.29, 0.717) is 6.54 Å². The van der Waals surface area contributed by atoms with Crippen LogP contribution in [0, 0.1) is 0 Å². The average Bonchev–Trinajstić information content (AvgIpc) is 2.27. The van der Waals surface area contributed by atoms with Crippen LogP contribution in [0.1, 0.15) is 6.92 Å². The lowest BCUT2D eigenvalue weighted by molar-refractivity contribution is 0.643. The van der Waals surface area contributed by atoms with Gasteiger partial charge in [-0.05, 0) is 6.92 Å². The molecule has 0 saturated carbocycles. The van der Waals surface area contributed by atoms with Gasteiger partial charge in [-0.25, -0.2) is 9.78 Å². The Morgan fingerprint density at radius 1 is 1.40 bits per heavy atom. The van der Waals surface area contributed by atoms with E-state index in [1.54, 1.807) is 6.92 Å². The highest BCUT2D eigenvalue weighted by Crippen LogP contribution is 1.97. The van der Waals surface area contributed by atoms with E-state index in [1.165, 1.54) is 17.9 Å². The number of aryl methyl sites for hydroxylation is 1. The molecule has 0 saturated heterocycles. The summed E-state index contributed by atoms with van der Waals surface area (Å²) in [5.41, 5.74) is -0.464. The third-order valence-corrected chi connectivity index (χ3v) is 2.20. The van der Waals surface area contributed by atoms with E-state index in [9.17, 15) is 9.59 Å². The van der Waals surface area contributed by atoms with E-state index in [-0.39, 0.29) is 11.2 Å². The first kappa shape index (κ1) is 9.50. The van der Waals surface area contributed by atoms with Crippen LogP contribution in [0.5, 0.6) is 0 Å². The molecule has 0 aliphatic heterocycles. The summed E-state index contributed by atoms with van der Waals surface area (Å²) in [7, 11) is 1.42. The highest BCUT2D eigenvalue weighted by atomic mass is 16.2. The van der Waals surface area contributed by atoms with Crippen molar-refractivity contribution in [3.8, 4) is 0 Å². The van der Waals surface area contributed by atoms with E-state index in [1.807, 2.05) is 0 Å². The van der Waals surface area contributed by atoms with Gasteiger partial charge in [0.2, 0.25) is 0 Å². The van der Waals surface area contributed by atoms with Crippen molar-refractivity contribution in [1.82, 2.24) is 24.3 Å². The molecule has 0 bridgehead atoms. The SMILES string of the molecule is CCn1c(=O)n(C)c(=O)c2ncnnc21. The molecule has 0 fully saturated rings. The molecule has 2 aromatic heterocycles. The smallest absolute Gasteiger partial charge is 0.275 e. The van der Waals surface area contributed by atoms with Crippen LogP contribution in [0.4, 0.5) is 0 Å². The summed E-state index contributed by atoms with van der Waals surface area (Å²) in [5, 5.41) is 7.32. The molecular formula is C8H9N5O2. The number of nitrogens with zero attached hydrogens (tertiary/aromatic N) is 5. The van der Waals surface area contributed by atoms with Gasteiger partial charge in [-0.1, -0.05) is 0 Å². The Morgan fingerprint density at radius 2 is 2.13 bits per heavy atom. The maximum atomic E-state index is 11.7. The molecule has 0 aromatic carbocycles. The molecule has 0 aliphatic carbocycles. The third kappa shape index (κ3) is 1.24.